The second-order valence-corrected chi connectivity index (χ2v) is 17.2. The lowest BCUT2D eigenvalue weighted by atomic mass is 10.1. The molecule has 10 heteroatoms. The molecule has 1 unspecified atom stereocenters. The molecule has 324 valence electrons. The number of ether oxygens (including phenoxy) is 2. The fraction of sp³-hybridized carbons (Fsp3) is 0.739. The van der Waals surface area contributed by atoms with Gasteiger partial charge in [0.2, 0.25) is 0 Å². The molecule has 0 spiro atoms. The number of carbonyl (C=O) groups excluding carboxylic acids is 2. The molecule has 2 atom stereocenters. The van der Waals surface area contributed by atoms with E-state index < -0.39 is 32.5 Å². The third-order valence-corrected chi connectivity index (χ3v) is 10.0. The van der Waals surface area contributed by atoms with Crippen molar-refractivity contribution in [1.29, 1.82) is 0 Å². The number of hydrogen-bond acceptors (Lipinski definition) is 7. The van der Waals surface area contributed by atoms with Crippen molar-refractivity contribution in [3.8, 4) is 0 Å². The summed E-state index contributed by atoms with van der Waals surface area (Å²) in [6.07, 6.45) is 45.6. The molecule has 0 aromatic rings. The fourth-order valence-electron chi connectivity index (χ4n) is 5.53. The number of hydrogen-bond donors (Lipinski definition) is 1. The van der Waals surface area contributed by atoms with Crippen LogP contribution in [0.3, 0.4) is 0 Å². The van der Waals surface area contributed by atoms with Gasteiger partial charge in [0, 0.05) is 12.8 Å². The van der Waals surface area contributed by atoms with Crippen LogP contribution in [-0.2, 0) is 32.7 Å². The topological polar surface area (TPSA) is 108 Å². The van der Waals surface area contributed by atoms with Gasteiger partial charge in [0.15, 0.2) is 6.10 Å². The van der Waals surface area contributed by atoms with Gasteiger partial charge in [-0.15, -0.1) is 0 Å². The zero-order valence-corrected chi connectivity index (χ0v) is 37.2. The molecular weight excluding hydrogens is 725 g/mol. The highest BCUT2D eigenvalue weighted by Gasteiger charge is 2.27. The summed E-state index contributed by atoms with van der Waals surface area (Å²) < 4.78 is 34.2. The molecule has 0 aromatic heterocycles. The van der Waals surface area contributed by atoms with Crippen molar-refractivity contribution >= 4 is 19.8 Å². The summed E-state index contributed by atoms with van der Waals surface area (Å²) in [5.41, 5.74) is 0. The Bertz CT molecular complexity index is 1140. The van der Waals surface area contributed by atoms with Gasteiger partial charge in [-0.3, -0.25) is 18.6 Å². The predicted octanol–water partition coefficient (Wildman–Crippen LogP) is 12.5. The number of esters is 2. The normalized spacial score (nSPS) is 14.2. The molecular formula is C46H83NO8P+. The summed E-state index contributed by atoms with van der Waals surface area (Å²) in [4.78, 5) is 35.3. The zero-order chi connectivity index (χ0) is 41.4. The Kier molecular flexibility index (Phi) is 36.7. The molecule has 0 saturated carbocycles. The molecule has 0 aliphatic carbocycles. The first-order valence-corrected chi connectivity index (χ1v) is 23.5. The van der Waals surface area contributed by atoms with Crippen LogP contribution in [0.15, 0.2) is 60.8 Å². The van der Waals surface area contributed by atoms with E-state index in [2.05, 4.69) is 74.6 Å². The van der Waals surface area contributed by atoms with E-state index in [1.165, 1.54) is 64.2 Å². The van der Waals surface area contributed by atoms with Gasteiger partial charge in [0.05, 0.1) is 27.7 Å². The number of nitrogens with zero attached hydrogens (tertiary/aromatic N) is 1. The number of likely N-dealkylation sites (N-methyl/N-ethyl adjacent to an activating group) is 1. The molecule has 0 heterocycles. The molecule has 0 aromatic carbocycles. The summed E-state index contributed by atoms with van der Waals surface area (Å²) in [6, 6.07) is 0. The average molecular weight is 809 g/mol. The Balaban J connectivity index is 4.48. The summed E-state index contributed by atoms with van der Waals surface area (Å²) in [5.74, 6) is -0.880. The second-order valence-electron chi connectivity index (χ2n) is 15.7. The van der Waals surface area contributed by atoms with Crippen LogP contribution in [0.4, 0.5) is 0 Å². The zero-order valence-electron chi connectivity index (χ0n) is 36.3. The Labute approximate surface area is 343 Å². The van der Waals surface area contributed by atoms with Gasteiger partial charge < -0.3 is 18.9 Å². The highest BCUT2D eigenvalue weighted by molar-refractivity contribution is 7.47. The van der Waals surface area contributed by atoms with E-state index in [1.54, 1.807) is 0 Å². The van der Waals surface area contributed by atoms with E-state index in [-0.39, 0.29) is 26.1 Å². The molecule has 0 fully saturated rings. The van der Waals surface area contributed by atoms with Crippen molar-refractivity contribution in [3.63, 3.8) is 0 Å². The van der Waals surface area contributed by atoms with Gasteiger partial charge >= 0.3 is 19.8 Å². The molecule has 0 radical (unpaired) electrons. The number of allylic oxidation sites excluding steroid dienone is 10. The van der Waals surface area contributed by atoms with E-state index >= 15 is 0 Å². The van der Waals surface area contributed by atoms with Gasteiger partial charge in [-0.2, -0.15) is 0 Å². The molecule has 0 rings (SSSR count). The van der Waals surface area contributed by atoms with Crippen molar-refractivity contribution in [2.75, 3.05) is 47.5 Å². The first-order valence-electron chi connectivity index (χ1n) is 22.0. The van der Waals surface area contributed by atoms with E-state index in [4.69, 9.17) is 18.5 Å². The minimum absolute atomic E-state index is 0.0188. The average Bonchev–Trinajstić information content (AvgIpc) is 3.15. The third kappa shape index (κ3) is 41.3. The van der Waals surface area contributed by atoms with E-state index in [1.807, 2.05) is 21.1 Å². The fourth-order valence-corrected chi connectivity index (χ4v) is 6.27. The Morgan fingerprint density at radius 3 is 1.52 bits per heavy atom. The molecule has 0 amide bonds. The molecule has 0 saturated heterocycles. The first kappa shape index (κ1) is 53.7. The second kappa shape index (κ2) is 38.2. The van der Waals surface area contributed by atoms with Crippen LogP contribution in [-0.4, -0.2) is 74.9 Å². The number of rotatable bonds is 39. The lowest BCUT2D eigenvalue weighted by molar-refractivity contribution is -0.870. The monoisotopic (exact) mass is 809 g/mol. The first-order chi connectivity index (χ1) is 27.0. The number of quaternary nitrogens is 1. The van der Waals surface area contributed by atoms with Gasteiger partial charge in [-0.25, -0.2) is 4.57 Å². The number of phosphoric ester groups is 1. The maximum absolute atomic E-state index is 12.7. The van der Waals surface area contributed by atoms with Gasteiger partial charge in [-0.1, -0.05) is 139 Å². The molecule has 56 heavy (non-hydrogen) atoms. The van der Waals surface area contributed by atoms with Gasteiger partial charge in [0.25, 0.3) is 0 Å². The highest BCUT2D eigenvalue weighted by atomic mass is 31.2. The lowest BCUT2D eigenvalue weighted by Crippen LogP contribution is -2.37. The highest BCUT2D eigenvalue weighted by Crippen LogP contribution is 2.43. The van der Waals surface area contributed by atoms with Crippen LogP contribution in [0, 0.1) is 0 Å². The van der Waals surface area contributed by atoms with E-state index in [0.29, 0.717) is 23.9 Å². The standard InChI is InChI=1S/C46H82NO8P/c1-6-8-10-12-14-16-18-20-22-23-25-26-28-30-32-34-36-38-45(48)52-42-44(43-54-56(50,51)53-41-40-47(3,4)5)55-46(49)39-37-35-33-31-29-27-24-21-19-17-15-13-11-9-7-2/h15,17,20-22,24-26,30,32,44H,6-14,16,18-19,23,27-29,31,33-43H2,1-5H3/p+1/b17-15-,22-20-,24-21-,26-25-,32-30-/t44-/m1/s1. The summed E-state index contributed by atoms with van der Waals surface area (Å²) in [6.45, 7) is 4.30. The van der Waals surface area contributed by atoms with Gasteiger partial charge in [0.1, 0.15) is 19.8 Å². The number of carbonyl (C=O) groups is 2. The quantitative estimate of drug-likeness (QED) is 0.0215. The Morgan fingerprint density at radius 1 is 0.554 bits per heavy atom. The van der Waals surface area contributed by atoms with Crippen molar-refractivity contribution < 1.29 is 42.1 Å². The van der Waals surface area contributed by atoms with Crippen molar-refractivity contribution in [1.82, 2.24) is 0 Å². The van der Waals surface area contributed by atoms with Crippen LogP contribution >= 0.6 is 7.82 Å². The van der Waals surface area contributed by atoms with Crippen LogP contribution in [0.25, 0.3) is 0 Å². The van der Waals surface area contributed by atoms with Crippen molar-refractivity contribution in [3.05, 3.63) is 60.8 Å². The predicted molar refractivity (Wildman–Crippen MR) is 233 cm³/mol. The molecule has 0 aliphatic heterocycles. The smallest absolute Gasteiger partial charge is 0.462 e. The minimum atomic E-state index is -4.39. The summed E-state index contributed by atoms with van der Waals surface area (Å²) >= 11 is 0. The van der Waals surface area contributed by atoms with Crippen LogP contribution in [0.1, 0.15) is 168 Å². The SMILES string of the molecule is CCCCC/C=C\C/C=C\CCCCCCCC(=O)O[C@H](COC(=O)CCC/C=C\C/C=C\C/C=C\CCCCCCCC)COP(=O)(O)OCC[N+](C)(C)C. The van der Waals surface area contributed by atoms with Crippen molar-refractivity contribution in [2.24, 2.45) is 0 Å². The molecule has 1 N–H and O–H groups in total. The van der Waals surface area contributed by atoms with Crippen molar-refractivity contribution in [2.45, 2.75) is 174 Å². The maximum atomic E-state index is 12.7. The largest absolute Gasteiger partial charge is 0.472 e. The van der Waals surface area contributed by atoms with E-state index in [9.17, 15) is 19.0 Å². The minimum Gasteiger partial charge on any atom is -0.462 e. The third-order valence-electron chi connectivity index (χ3n) is 9.02. The summed E-state index contributed by atoms with van der Waals surface area (Å²) in [7, 11) is 1.43. The molecule has 0 aliphatic rings. The van der Waals surface area contributed by atoms with Crippen LogP contribution < -0.4 is 0 Å². The number of unbranched alkanes of at least 4 members (excludes halogenated alkanes) is 15. The maximum Gasteiger partial charge on any atom is 0.472 e. The Morgan fingerprint density at radius 2 is 0.982 bits per heavy atom. The lowest BCUT2D eigenvalue weighted by Gasteiger charge is -2.24. The Hall–Kier alpha value is -2.29. The number of phosphoric acid groups is 1. The van der Waals surface area contributed by atoms with E-state index in [0.717, 1.165) is 64.2 Å². The molecule has 0 bridgehead atoms. The van der Waals surface area contributed by atoms with Gasteiger partial charge in [-0.05, 0) is 77.0 Å². The van der Waals surface area contributed by atoms with Crippen LogP contribution in [0.5, 0.6) is 0 Å². The van der Waals surface area contributed by atoms with Crippen LogP contribution in [0.2, 0.25) is 0 Å². The molecule has 9 nitrogen and oxygen atoms in total. The summed E-state index contributed by atoms with van der Waals surface area (Å²) in [5, 5.41) is 0.